The van der Waals surface area contributed by atoms with Crippen LogP contribution in [0.3, 0.4) is 0 Å². The normalized spacial score (nSPS) is 10.9. The fourth-order valence-corrected chi connectivity index (χ4v) is 2.46. The fourth-order valence-electron chi connectivity index (χ4n) is 2.46. The van der Waals surface area contributed by atoms with Gasteiger partial charge in [-0.2, -0.15) is 5.10 Å². The summed E-state index contributed by atoms with van der Waals surface area (Å²) in [4.78, 5) is 10.8. The van der Waals surface area contributed by atoms with Crippen LogP contribution in [0.15, 0.2) is 42.6 Å². The molecule has 3 aromatic rings. The van der Waals surface area contributed by atoms with E-state index in [1.807, 2.05) is 24.3 Å². The first-order chi connectivity index (χ1) is 11.0. The molecule has 0 aliphatic carbocycles. The first-order valence-electron chi connectivity index (χ1n) is 7.05. The Bertz CT molecular complexity index is 856. The average molecular weight is 314 g/mol. The maximum atomic E-state index is 14.1. The van der Waals surface area contributed by atoms with Gasteiger partial charge in [0.15, 0.2) is 0 Å². The van der Waals surface area contributed by atoms with Gasteiger partial charge in [0.25, 0.3) is 0 Å². The van der Waals surface area contributed by atoms with Gasteiger partial charge in [-0.15, -0.1) is 0 Å². The second-order valence-electron chi connectivity index (χ2n) is 5.26. The van der Waals surface area contributed by atoms with Crippen molar-refractivity contribution in [3.05, 3.63) is 59.5 Å². The Hall–Kier alpha value is -2.89. The predicted octanol–water partition coefficient (Wildman–Crippen LogP) is 2.86. The van der Waals surface area contributed by atoms with Gasteiger partial charge in [0.05, 0.1) is 31.0 Å². The monoisotopic (exact) mass is 314 g/mol. The number of fused-ring (bicyclic) bond motifs is 1. The third-order valence-electron chi connectivity index (χ3n) is 3.54. The smallest absolute Gasteiger partial charge is 0.307 e. The number of carboxylic acid groups (broad SMARTS) is 1. The first kappa shape index (κ1) is 15.0. The fraction of sp³-hybridized carbons (Fsp3) is 0.176. The van der Waals surface area contributed by atoms with Crippen LogP contribution in [-0.2, 0) is 17.8 Å². The number of carboxylic acids is 1. The Morgan fingerprint density at radius 2 is 2.00 bits per heavy atom. The minimum Gasteiger partial charge on any atom is -0.497 e. The highest BCUT2D eigenvalue weighted by atomic mass is 19.1. The molecule has 1 N–H and O–H groups in total. The van der Waals surface area contributed by atoms with Gasteiger partial charge in [0, 0.05) is 6.20 Å². The number of carbonyl (C=O) groups is 1. The summed E-state index contributed by atoms with van der Waals surface area (Å²) in [6.45, 7) is 0.492. The molecule has 0 bridgehead atoms. The zero-order chi connectivity index (χ0) is 16.4. The van der Waals surface area contributed by atoms with Gasteiger partial charge in [-0.25, -0.2) is 4.39 Å². The van der Waals surface area contributed by atoms with Crippen LogP contribution in [0, 0.1) is 5.82 Å². The van der Waals surface area contributed by atoms with E-state index in [1.165, 1.54) is 6.07 Å². The van der Waals surface area contributed by atoms with E-state index in [4.69, 9.17) is 9.84 Å². The molecule has 1 heterocycles. The van der Waals surface area contributed by atoms with Crippen LogP contribution >= 0.6 is 0 Å². The number of methoxy groups -OCH3 is 1. The molecule has 0 saturated carbocycles. The molecule has 6 heteroatoms. The Morgan fingerprint density at radius 1 is 1.26 bits per heavy atom. The van der Waals surface area contributed by atoms with Gasteiger partial charge < -0.3 is 9.84 Å². The number of rotatable bonds is 5. The third kappa shape index (κ3) is 3.31. The molecule has 2 aromatic carbocycles. The van der Waals surface area contributed by atoms with Gasteiger partial charge >= 0.3 is 5.97 Å². The van der Waals surface area contributed by atoms with E-state index in [0.29, 0.717) is 23.0 Å². The van der Waals surface area contributed by atoms with E-state index in [9.17, 15) is 9.18 Å². The molecular weight excluding hydrogens is 299 g/mol. The number of aliphatic carboxylic acids is 1. The number of benzene rings is 2. The minimum atomic E-state index is -0.999. The van der Waals surface area contributed by atoms with Gasteiger partial charge in [0.1, 0.15) is 11.6 Å². The highest BCUT2D eigenvalue weighted by molar-refractivity contribution is 5.81. The number of nitrogens with zero attached hydrogens (tertiary/aromatic N) is 2. The molecule has 0 spiro atoms. The van der Waals surface area contributed by atoms with Crippen molar-refractivity contribution in [2.24, 2.45) is 0 Å². The summed E-state index contributed by atoms with van der Waals surface area (Å²) in [6, 6.07) is 10.4. The van der Waals surface area contributed by atoms with E-state index < -0.39 is 11.8 Å². The summed E-state index contributed by atoms with van der Waals surface area (Å²) < 4.78 is 20.8. The van der Waals surface area contributed by atoms with Crippen molar-refractivity contribution in [1.29, 1.82) is 0 Å². The summed E-state index contributed by atoms with van der Waals surface area (Å²) >= 11 is 0. The largest absolute Gasteiger partial charge is 0.497 e. The lowest BCUT2D eigenvalue weighted by molar-refractivity contribution is -0.136. The summed E-state index contributed by atoms with van der Waals surface area (Å²) in [6.07, 6.45) is 1.40. The van der Waals surface area contributed by atoms with E-state index in [0.717, 1.165) is 11.3 Å². The van der Waals surface area contributed by atoms with Crippen molar-refractivity contribution in [2.75, 3.05) is 7.11 Å². The number of halogens is 1. The van der Waals surface area contributed by atoms with E-state index >= 15 is 0 Å². The van der Waals surface area contributed by atoms with Crippen molar-refractivity contribution in [3.8, 4) is 5.75 Å². The van der Waals surface area contributed by atoms with E-state index in [2.05, 4.69) is 5.10 Å². The summed E-state index contributed by atoms with van der Waals surface area (Å²) in [5.74, 6) is -0.690. The molecule has 0 aliphatic heterocycles. The molecule has 0 radical (unpaired) electrons. The predicted molar refractivity (Wildman–Crippen MR) is 83.1 cm³/mol. The van der Waals surface area contributed by atoms with Crippen LogP contribution < -0.4 is 4.74 Å². The van der Waals surface area contributed by atoms with Crippen molar-refractivity contribution in [1.82, 2.24) is 9.78 Å². The van der Waals surface area contributed by atoms with Crippen LogP contribution in [0.4, 0.5) is 4.39 Å². The van der Waals surface area contributed by atoms with Crippen LogP contribution in [0.5, 0.6) is 5.75 Å². The highest BCUT2D eigenvalue weighted by Crippen LogP contribution is 2.20. The number of hydrogen-bond acceptors (Lipinski definition) is 3. The molecular formula is C17H15FN2O3. The molecule has 118 valence electrons. The van der Waals surface area contributed by atoms with Gasteiger partial charge in [-0.1, -0.05) is 12.1 Å². The molecule has 0 amide bonds. The SMILES string of the molecule is COc1ccc(Cn2cc3c(F)cc(CC(=O)O)cc3n2)cc1. The maximum absolute atomic E-state index is 14.1. The molecule has 5 nitrogen and oxygen atoms in total. The lowest BCUT2D eigenvalue weighted by Gasteiger charge is -2.03. The van der Waals surface area contributed by atoms with Gasteiger partial charge in [-0.3, -0.25) is 9.48 Å². The number of ether oxygens (including phenoxy) is 1. The number of hydrogen-bond donors (Lipinski definition) is 1. The first-order valence-corrected chi connectivity index (χ1v) is 7.05. The lowest BCUT2D eigenvalue weighted by Crippen LogP contribution is -2.00. The Labute approximate surface area is 131 Å². The topological polar surface area (TPSA) is 64.3 Å². The van der Waals surface area contributed by atoms with Crippen molar-refractivity contribution >= 4 is 16.9 Å². The average Bonchev–Trinajstić information content (AvgIpc) is 2.90. The number of aromatic nitrogens is 2. The van der Waals surface area contributed by atoms with Crippen molar-refractivity contribution in [2.45, 2.75) is 13.0 Å². The molecule has 0 unspecified atom stereocenters. The summed E-state index contributed by atoms with van der Waals surface area (Å²) in [7, 11) is 1.60. The van der Waals surface area contributed by atoms with Crippen LogP contribution in [-0.4, -0.2) is 28.0 Å². The van der Waals surface area contributed by atoms with E-state index in [1.54, 1.807) is 24.1 Å². The minimum absolute atomic E-state index is 0.224. The van der Waals surface area contributed by atoms with Crippen LogP contribution in [0.1, 0.15) is 11.1 Å². The highest BCUT2D eigenvalue weighted by Gasteiger charge is 2.10. The second kappa shape index (κ2) is 6.08. The van der Waals surface area contributed by atoms with Gasteiger partial charge in [0.2, 0.25) is 0 Å². The molecule has 1 aromatic heterocycles. The Kier molecular flexibility index (Phi) is 3.97. The molecule has 0 saturated heterocycles. The molecule has 0 aliphatic rings. The quantitative estimate of drug-likeness (QED) is 0.786. The van der Waals surface area contributed by atoms with Crippen molar-refractivity contribution in [3.63, 3.8) is 0 Å². The maximum Gasteiger partial charge on any atom is 0.307 e. The Balaban J connectivity index is 1.89. The van der Waals surface area contributed by atoms with E-state index in [-0.39, 0.29) is 6.42 Å². The standard InChI is InChI=1S/C17H15FN2O3/c1-23-13-4-2-11(3-5-13)9-20-10-14-15(18)6-12(8-17(21)22)7-16(14)19-20/h2-7,10H,8-9H2,1H3,(H,21,22). The summed E-state index contributed by atoms with van der Waals surface area (Å²) in [5, 5.41) is 13.5. The second-order valence-corrected chi connectivity index (χ2v) is 5.26. The van der Waals surface area contributed by atoms with Crippen LogP contribution in [0.25, 0.3) is 10.9 Å². The van der Waals surface area contributed by atoms with Gasteiger partial charge in [-0.05, 0) is 35.4 Å². The van der Waals surface area contributed by atoms with Crippen molar-refractivity contribution < 1.29 is 19.0 Å². The summed E-state index contributed by atoms with van der Waals surface area (Å²) in [5.41, 5.74) is 1.86. The Morgan fingerprint density at radius 3 is 2.65 bits per heavy atom. The molecule has 0 atom stereocenters. The molecule has 23 heavy (non-hydrogen) atoms. The molecule has 0 fully saturated rings. The third-order valence-corrected chi connectivity index (χ3v) is 3.54. The molecule has 3 rings (SSSR count). The zero-order valence-electron chi connectivity index (χ0n) is 12.5. The van der Waals surface area contributed by atoms with Crippen LogP contribution in [0.2, 0.25) is 0 Å². The lowest BCUT2D eigenvalue weighted by atomic mass is 10.1. The zero-order valence-corrected chi connectivity index (χ0v) is 12.5.